The molecule has 1 aromatic carbocycles. The van der Waals surface area contributed by atoms with Gasteiger partial charge >= 0.3 is 0 Å². The van der Waals surface area contributed by atoms with Crippen LogP contribution < -0.4 is 4.90 Å². The summed E-state index contributed by atoms with van der Waals surface area (Å²) >= 11 is 1.68. The van der Waals surface area contributed by atoms with Crippen molar-refractivity contribution in [3.63, 3.8) is 0 Å². The van der Waals surface area contributed by atoms with Crippen LogP contribution in [0.4, 0.5) is 5.82 Å². The lowest BCUT2D eigenvalue weighted by Crippen LogP contribution is -2.49. The highest BCUT2D eigenvalue weighted by atomic mass is 32.2. The number of anilines is 1. The number of nitrogens with zero attached hydrogens (tertiary/aromatic N) is 4. The van der Waals surface area contributed by atoms with Gasteiger partial charge in [0, 0.05) is 44.5 Å². The van der Waals surface area contributed by atoms with Crippen molar-refractivity contribution in [2.45, 2.75) is 18.0 Å². The van der Waals surface area contributed by atoms with Crippen molar-refractivity contribution in [3.8, 4) is 0 Å². The van der Waals surface area contributed by atoms with E-state index in [0.717, 1.165) is 60.4 Å². The van der Waals surface area contributed by atoms with Crippen molar-refractivity contribution < 1.29 is 4.79 Å². The first-order chi connectivity index (χ1) is 13.3. The van der Waals surface area contributed by atoms with Gasteiger partial charge in [0.1, 0.15) is 5.82 Å². The maximum atomic E-state index is 12.5. The summed E-state index contributed by atoms with van der Waals surface area (Å²) in [7, 11) is 0. The van der Waals surface area contributed by atoms with Crippen molar-refractivity contribution >= 4 is 34.5 Å². The first-order valence-electron chi connectivity index (χ1n) is 9.31. The van der Waals surface area contributed by atoms with Crippen LogP contribution in [0.5, 0.6) is 0 Å². The molecule has 27 heavy (non-hydrogen) atoms. The molecule has 140 valence electrons. The van der Waals surface area contributed by atoms with Crippen LogP contribution in [0, 0.1) is 0 Å². The topological polar surface area (TPSA) is 65.1 Å². The maximum Gasteiger partial charge on any atom is 0.222 e. The Morgan fingerprint density at radius 1 is 1.07 bits per heavy atom. The Kier molecular flexibility index (Phi) is 5.58. The van der Waals surface area contributed by atoms with Gasteiger partial charge in [0.25, 0.3) is 0 Å². The fraction of sp³-hybridized carbons (Fsp3) is 0.350. The molecule has 0 unspecified atom stereocenters. The third-order valence-electron chi connectivity index (χ3n) is 4.75. The van der Waals surface area contributed by atoms with Gasteiger partial charge in [-0.25, -0.2) is 9.97 Å². The summed E-state index contributed by atoms with van der Waals surface area (Å²) in [6.45, 7) is 3.23. The van der Waals surface area contributed by atoms with Gasteiger partial charge in [0.15, 0.2) is 5.16 Å². The van der Waals surface area contributed by atoms with E-state index in [1.54, 1.807) is 11.8 Å². The fourth-order valence-electron chi connectivity index (χ4n) is 3.27. The monoisotopic (exact) mass is 381 g/mol. The van der Waals surface area contributed by atoms with E-state index in [-0.39, 0.29) is 5.91 Å². The van der Waals surface area contributed by atoms with Crippen LogP contribution >= 0.6 is 11.8 Å². The van der Waals surface area contributed by atoms with Crippen LogP contribution in [0.2, 0.25) is 0 Å². The fourth-order valence-corrected chi connectivity index (χ4v) is 4.10. The average Bonchev–Trinajstić information content (AvgIpc) is 3.15. The molecule has 1 saturated heterocycles. The average molecular weight is 382 g/mol. The van der Waals surface area contributed by atoms with E-state index in [0.29, 0.717) is 6.42 Å². The second-order valence-corrected chi connectivity index (χ2v) is 7.65. The van der Waals surface area contributed by atoms with Gasteiger partial charge in [-0.15, -0.1) is 0 Å². The predicted molar refractivity (Wildman–Crippen MR) is 109 cm³/mol. The Balaban J connectivity index is 1.19. The number of hydrogen-bond donors (Lipinski definition) is 1. The third kappa shape index (κ3) is 4.42. The molecule has 0 aliphatic carbocycles. The molecule has 7 heteroatoms. The second kappa shape index (κ2) is 8.43. The van der Waals surface area contributed by atoms with Crippen molar-refractivity contribution in [3.05, 3.63) is 48.7 Å². The van der Waals surface area contributed by atoms with Crippen LogP contribution in [-0.4, -0.2) is 57.7 Å². The number of thioether (sulfide) groups is 1. The SMILES string of the molecule is O=C(CCCSc1nc2ccccc2[nH]1)N1CCN(c2ccccn2)CC1. The number of aromatic amines is 1. The lowest BCUT2D eigenvalue weighted by atomic mass is 10.2. The molecule has 1 fully saturated rings. The van der Waals surface area contributed by atoms with Gasteiger partial charge in [-0.2, -0.15) is 0 Å². The van der Waals surface area contributed by atoms with Crippen LogP contribution in [-0.2, 0) is 4.79 Å². The number of carbonyl (C=O) groups excluding carboxylic acids is 1. The number of piperazine rings is 1. The van der Waals surface area contributed by atoms with E-state index >= 15 is 0 Å². The van der Waals surface area contributed by atoms with Crippen LogP contribution in [0.15, 0.2) is 53.8 Å². The zero-order chi connectivity index (χ0) is 18.5. The molecular formula is C20H23N5OS. The number of benzene rings is 1. The molecule has 0 bridgehead atoms. The van der Waals surface area contributed by atoms with Crippen LogP contribution in [0.3, 0.4) is 0 Å². The quantitative estimate of drug-likeness (QED) is 0.525. The molecule has 1 aliphatic rings. The van der Waals surface area contributed by atoms with E-state index < -0.39 is 0 Å². The second-order valence-electron chi connectivity index (χ2n) is 6.57. The van der Waals surface area contributed by atoms with Crippen LogP contribution in [0.25, 0.3) is 11.0 Å². The van der Waals surface area contributed by atoms with Gasteiger partial charge < -0.3 is 14.8 Å². The Bertz CT molecular complexity index is 857. The van der Waals surface area contributed by atoms with Gasteiger partial charge in [0.05, 0.1) is 11.0 Å². The van der Waals surface area contributed by atoms with Crippen molar-refractivity contribution in [2.24, 2.45) is 0 Å². The molecule has 6 nitrogen and oxygen atoms in total. The summed E-state index contributed by atoms with van der Waals surface area (Å²) in [6, 6.07) is 14.0. The minimum Gasteiger partial charge on any atom is -0.353 e. The smallest absolute Gasteiger partial charge is 0.222 e. The Hall–Kier alpha value is -2.54. The number of amides is 1. The highest BCUT2D eigenvalue weighted by Crippen LogP contribution is 2.20. The van der Waals surface area contributed by atoms with Gasteiger partial charge in [-0.3, -0.25) is 4.79 Å². The minimum atomic E-state index is 0.251. The number of aromatic nitrogens is 3. The largest absolute Gasteiger partial charge is 0.353 e. The zero-order valence-corrected chi connectivity index (χ0v) is 16.0. The number of H-pyrrole nitrogens is 1. The molecule has 1 aliphatic heterocycles. The number of pyridine rings is 1. The standard InChI is InChI=1S/C20H23N5OS/c26-19(25-13-11-24(12-14-25)18-8-3-4-10-21-18)9-5-15-27-20-22-16-6-1-2-7-17(16)23-20/h1-4,6-8,10H,5,9,11-15H2,(H,22,23). The summed E-state index contributed by atoms with van der Waals surface area (Å²) in [4.78, 5) is 28.9. The van der Waals surface area contributed by atoms with Crippen LogP contribution in [0.1, 0.15) is 12.8 Å². The van der Waals surface area contributed by atoms with Gasteiger partial charge in [0.2, 0.25) is 5.91 Å². The van der Waals surface area contributed by atoms with E-state index in [1.165, 1.54) is 0 Å². The molecule has 1 amide bonds. The van der Waals surface area contributed by atoms with Gasteiger partial charge in [-0.1, -0.05) is 30.0 Å². The summed E-state index contributed by atoms with van der Waals surface area (Å²) in [6.07, 6.45) is 3.27. The molecule has 0 spiro atoms. The molecule has 3 heterocycles. The van der Waals surface area contributed by atoms with E-state index in [9.17, 15) is 4.79 Å². The summed E-state index contributed by atoms with van der Waals surface area (Å²) in [5.74, 6) is 2.13. The predicted octanol–water partition coefficient (Wildman–Crippen LogP) is 3.18. The number of imidazole rings is 1. The van der Waals surface area contributed by atoms with Crippen molar-refractivity contribution in [2.75, 3.05) is 36.8 Å². The van der Waals surface area contributed by atoms with E-state index in [1.807, 2.05) is 53.6 Å². The first-order valence-corrected chi connectivity index (χ1v) is 10.3. The highest BCUT2D eigenvalue weighted by molar-refractivity contribution is 7.99. The van der Waals surface area contributed by atoms with Gasteiger partial charge in [-0.05, 0) is 30.7 Å². The maximum absolute atomic E-state index is 12.5. The lowest BCUT2D eigenvalue weighted by molar-refractivity contribution is -0.131. The summed E-state index contributed by atoms with van der Waals surface area (Å²) in [5, 5.41) is 0.924. The highest BCUT2D eigenvalue weighted by Gasteiger charge is 2.21. The molecule has 0 radical (unpaired) electrons. The lowest BCUT2D eigenvalue weighted by Gasteiger charge is -2.35. The molecule has 0 atom stereocenters. The normalized spacial score (nSPS) is 14.7. The van der Waals surface area contributed by atoms with E-state index in [2.05, 4.69) is 19.9 Å². The number of nitrogens with one attached hydrogen (secondary N) is 1. The number of fused-ring (bicyclic) bond motifs is 1. The number of rotatable bonds is 6. The first kappa shape index (κ1) is 17.9. The Labute approximate surface area is 163 Å². The number of carbonyl (C=O) groups is 1. The molecule has 0 saturated carbocycles. The number of hydrogen-bond acceptors (Lipinski definition) is 5. The summed E-state index contributed by atoms with van der Waals surface area (Å²) in [5.41, 5.74) is 2.05. The molecule has 1 N–H and O–H groups in total. The minimum absolute atomic E-state index is 0.251. The van der Waals surface area contributed by atoms with Crippen molar-refractivity contribution in [1.29, 1.82) is 0 Å². The molecule has 3 aromatic rings. The molecule has 4 rings (SSSR count). The zero-order valence-electron chi connectivity index (χ0n) is 15.2. The van der Waals surface area contributed by atoms with E-state index in [4.69, 9.17) is 0 Å². The molecular weight excluding hydrogens is 358 g/mol. The molecule has 2 aromatic heterocycles. The number of para-hydroxylation sites is 2. The Morgan fingerprint density at radius 2 is 1.89 bits per heavy atom. The Morgan fingerprint density at radius 3 is 2.67 bits per heavy atom. The van der Waals surface area contributed by atoms with Crippen molar-refractivity contribution in [1.82, 2.24) is 19.9 Å². The third-order valence-corrected chi connectivity index (χ3v) is 5.71. The summed E-state index contributed by atoms with van der Waals surface area (Å²) < 4.78 is 0.